The van der Waals surface area contributed by atoms with Gasteiger partial charge in [0.2, 0.25) is 0 Å². The van der Waals surface area contributed by atoms with Crippen LogP contribution in [0.15, 0.2) is 66.7 Å². The van der Waals surface area contributed by atoms with E-state index >= 15 is 0 Å². The first kappa shape index (κ1) is 22.5. The predicted octanol–water partition coefficient (Wildman–Crippen LogP) is 6.32. The molecule has 4 rings (SSSR count). The molecular weight excluding hydrogens is 397 g/mol. The number of likely N-dealkylation sites (N-methyl/N-ethyl adjacent to an activating group) is 1. The lowest BCUT2D eigenvalue weighted by Crippen LogP contribution is -2.50. The van der Waals surface area contributed by atoms with Crippen molar-refractivity contribution in [2.45, 2.75) is 31.4 Å². The maximum absolute atomic E-state index is 13.3. The van der Waals surface area contributed by atoms with Gasteiger partial charge >= 0.3 is 0 Å². The number of halogens is 2. The van der Waals surface area contributed by atoms with E-state index in [0.29, 0.717) is 6.04 Å². The maximum atomic E-state index is 13.3. The SMILES string of the molecule is COC1(C)c2ccc(-c3cccc(-c4ccc(F)cc4)c3)cc2CCC1N(C)C.Cl. The molecule has 4 heteroatoms. The van der Waals surface area contributed by atoms with Crippen molar-refractivity contribution < 1.29 is 9.13 Å². The first-order chi connectivity index (χ1) is 13.9. The molecule has 0 fully saturated rings. The number of benzene rings is 3. The Labute approximate surface area is 185 Å². The Hall–Kier alpha value is -2.20. The number of fused-ring (bicyclic) bond motifs is 1. The Kier molecular flexibility index (Phi) is 6.66. The second-order valence-electron chi connectivity index (χ2n) is 8.29. The van der Waals surface area contributed by atoms with Crippen LogP contribution in [0.1, 0.15) is 24.5 Å². The highest BCUT2D eigenvalue weighted by atomic mass is 35.5. The summed E-state index contributed by atoms with van der Waals surface area (Å²) in [6.07, 6.45) is 2.12. The molecule has 0 aliphatic heterocycles. The highest BCUT2D eigenvalue weighted by Gasteiger charge is 2.41. The molecule has 0 spiro atoms. The van der Waals surface area contributed by atoms with Gasteiger partial charge in [-0.25, -0.2) is 4.39 Å². The van der Waals surface area contributed by atoms with Gasteiger partial charge in [0.15, 0.2) is 0 Å². The zero-order valence-electron chi connectivity index (χ0n) is 18.0. The zero-order chi connectivity index (χ0) is 20.6. The lowest BCUT2D eigenvalue weighted by atomic mass is 9.75. The van der Waals surface area contributed by atoms with Gasteiger partial charge in [0.25, 0.3) is 0 Å². The molecule has 3 aromatic rings. The lowest BCUT2D eigenvalue weighted by Gasteiger charge is -2.45. The molecule has 1 aliphatic rings. The smallest absolute Gasteiger partial charge is 0.123 e. The number of hydrogen-bond donors (Lipinski definition) is 0. The van der Waals surface area contributed by atoms with Crippen molar-refractivity contribution in [2.24, 2.45) is 0 Å². The summed E-state index contributed by atoms with van der Waals surface area (Å²) in [5.74, 6) is -0.211. The topological polar surface area (TPSA) is 12.5 Å². The summed E-state index contributed by atoms with van der Waals surface area (Å²) in [5.41, 5.74) is 6.81. The van der Waals surface area contributed by atoms with Gasteiger partial charge in [0.05, 0.1) is 0 Å². The van der Waals surface area contributed by atoms with Crippen LogP contribution in [0, 0.1) is 5.82 Å². The van der Waals surface area contributed by atoms with E-state index in [2.05, 4.69) is 68.4 Å². The van der Waals surface area contributed by atoms with E-state index in [-0.39, 0.29) is 23.8 Å². The third kappa shape index (κ3) is 4.02. The Bertz CT molecular complexity index is 1020. The lowest BCUT2D eigenvalue weighted by molar-refractivity contribution is -0.0686. The van der Waals surface area contributed by atoms with E-state index < -0.39 is 0 Å². The number of ether oxygens (including phenoxy) is 1. The second-order valence-corrected chi connectivity index (χ2v) is 8.29. The van der Waals surface area contributed by atoms with E-state index in [0.717, 1.165) is 24.0 Å². The van der Waals surface area contributed by atoms with Gasteiger partial charge in [-0.05, 0) is 85.4 Å². The monoisotopic (exact) mass is 425 g/mol. The number of rotatable bonds is 4. The highest BCUT2D eigenvalue weighted by Crippen LogP contribution is 2.41. The number of methoxy groups -OCH3 is 1. The number of hydrogen-bond acceptors (Lipinski definition) is 2. The first-order valence-corrected chi connectivity index (χ1v) is 10.1. The van der Waals surface area contributed by atoms with Crippen molar-refractivity contribution >= 4 is 12.4 Å². The van der Waals surface area contributed by atoms with Gasteiger partial charge < -0.3 is 9.64 Å². The molecule has 158 valence electrons. The van der Waals surface area contributed by atoms with Crippen molar-refractivity contribution in [3.05, 3.63) is 83.7 Å². The second kappa shape index (κ2) is 8.89. The standard InChI is InChI=1S/C26H28FNO.ClH/c1-26(29-4)24-14-10-21(17-22(24)11-15-25(26)28(2)3)20-7-5-6-19(16-20)18-8-12-23(27)13-9-18;/h5-10,12-14,16-17,25H,11,15H2,1-4H3;1H. The minimum atomic E-state index is -0.314. The van der Waals surface area contributed by atoms with E-state index in [4.69, 9.17) is 4.74 Å². The van der Waals surface area contributed by atoms with Crippen molar-refractivity contribution in [2.75, 3.05) is 21.2 Å². The quantitative estimate of drug-likeness (QED) is 0.485. The molecule has 0 amide bonds. The van der Waals surface area contributed by atoms with Crippen LogP contribution in [0.5, 0.6) is 0 Å². The molecule has 3 aromatic carbocycles. The molecular formula is C26H29ClFNO. The van der Waals surface area contributed by atoms with Gasteiger partial charge in [0, 0.05) is 13.2 Å². The van der Waals surface area contributed by atoms with Crippen LogP contribution in [0.4, 0.5) is 4.39 Å². The van der Waals surface area contributed by atoms with Gasteiger partial charge in [0.1, 0.15) is 11.4 Å². The fraction of sp³-hybridized carbons (Fsp3) is 0.308. The van der Waals surface area contributed by atoms with Crippen LogP contribution in [-0.4, -0.2) is 32.1 Å². The summed E-state index contributed by atoms with van der Waals surface area (Å²) in [6, 6.07) is 22.2. The van der Waals surface area contributed by atoms with Crippen LogP contribution < -0.4 is 0 Å². The van der Waals surface area contributed by atoms with Gasteiger partial charge in [-0.15, -0.1) is 12.4 Å². The molecule has 0 saturated heterocycles. The summed E-state index contributed by atoms with van der Waals surface area (Å²) in [6.45, 7) is 2.20. The van der Waals surface area contributed by atoms with Crippen molar-refractivity contribution in [3.63, 3.8) is 0 Å². The van der Waals surface area contributed by atoms with Crippen LogP contribution >= 0.6 is 12.4 Å². The highest BCUT2D eigenvalue weighted by molar-refractivity contribution is 5.85. The molecule has 2 nitrogen and oxygen atoms in total. The minimum Gasteiger partial charge on any atom is -0.372 e. The summed E-state index contributed by atoms with van der Waals surface area (Å²) < 4.78 is 19.3. The van der Waals surface area contributed by atoms with E-state index in [1.165, 1.54) is 34.4 Å². The fourth-order valence-electron chi connectivity index (χ4n) is 4.73. The predicted molar refractivity (Wildman–Crippen MR) is 125 cm³/mol. The van der Waals surface area contributed by atoms with Crippen LogP contribution in [-0.2, 0) is 16.8 Å². The third-order valence-electron chi connectivity index (χ3n) is 6.38. The molecule has 2 unspecified atom stereocenters. The van der Waals surface area contributed by atoms with E-state index in [1.54, 1.807) is 0 Å². The Morgan fingerprint density at radius 2 is 1.50 bits per heavy atom. The third-order valence-corrected chi connectivity index (χ3v) is 6.38. The molecule has 0 radical (unpaired) electrons. The van der Waals surface area contributed by atoms with Gasteiger partial charge in [-0.1, -0.05) is 48.5 Å². The largest absolute Gasteiger partial charge is 0.372 e. The summed E-state index contributed by atoms with van der Waals surface area (Å²) in [7, 11) is 6.07. The molecule has 1 aliphatic carbocycles. The maximum Gasteiger partial charge on any atom is 0.123 e. The Morgan fingerprint density at radius 1 is 0.900 bits per heavy atom. The summed E-state index contributed by atoms with van der Waals surface area (Å²) >= 11 is 0. The fourth-order valence-corrected chi connectivity index (χ4v) is 4.73. The Balaban J connectivity index is 0.00000256. The first-order valence-electron chi connectivity index (χ1n) is 10.1. The van der Waals surface area contributed by atoms with Crippen LogP contribution in [0.25, 0.3) is 22.3 Å². The van der Waals surface area contributed by atoms with E-state index in [1.807, 2.05) is 19.2 Å². The molecule has 0 bridgehead atoms. The van der Waals surface area contributed by atoms with Gasteiger partial charge in [-0.2, -0.15) is 0 Å². The number of aryl methyl sites for hydroxylation is 1. The summed E-state index contributed by atoms with van der Waals surface area (Å²) in [4.78, 5) is 2.27. The molecule has 30 heavy (non-hydrogen) atoms. The normalized spacial score (nSPS) is 20.5. The zero-order valence-corrected chi connectivity index (χ0v) is 18.8. The molecule has 0 N–H and O–H groups in total. The molecule has 2 atom stereocenters. The molecule has 0 saturated carbocycles. The number of nitrogens with zero attached hydrogens (tertiary/aromatic N) is 1. The van der Waals surface area contributed by atoms with Crippen LogP contribution in [0.2, 0.25) is 0 Å². The minimum absolute atomic E-state index is 0. The van der Waals surface area contributed by atoms with Crippen LogP contribution in [0.3, 0.4) is 0 Å². The average molecular weight is 426 g/mol. The van der Waals surface area contributed by atoms with Crippen molar-refractivity contribution in [3.8, 4) is 22.3 Å². The average Bonchev–Trinajstić information content (AvgIpc) is 2.74. The van der Waals surface area contributed by atoms with Crippen molar-refractivity contribution in [1.29, 1.82) is 0 Å². The summed E-state index contributed by atoms with van der Waals surface area (Å²) in [5, 5.41) is 0. The van der Waals surface area contributed by atoms with Crippen molar-refractivity contribution in [1.82, 2.24) is 4.90 Å². The van der Waals surface area contributed by atoms with E-state index in [9.17, 15) is 4.39 Å². The van der Waals surface area contributed by atoms with Gasteiger partial charge in [-0.3, -0.25) is 0 Å². The Morgan fingerprint density at radius 3 is 2.13 bits per heavy atom. The molecule has 0 heterocycles. The molecule has 0 aromatic heterocycles.